The lowest BCUT2D eigenvalue weighted by Crippen LogP contribution is -2.25. The van der Waals surface area contributed by atoms with E-state index < -0.39 is 0 Å². The Kier molecular flexibility index (Phi) is 4.81. The molecule has 0 unspecified atom stereocenters. The summed E-state index contributed by atoms with van der Waals surface area (Å²) in [7, 11) is 0. The van der Waals surface area contributed by atoms with Gasteiger partial charge in [-0.2, -0.15) is 0 Å². The molecule has 0 saturated heterocycles. The van der Waals surface area contributed by atoms with Crippen molar-refractivity contribution >= 4 is 0 Å². The zero-order valence-corrected chi connectivity index (χ0v) is 12.0. The monoisotopic (exact) mass is 249 g/mol. The van der Waals surface area contributed by atoms with E-state index in [2.05, 4.69) is 35.6 Å². The van der Waals surface area contributed by atoms with Crippen LogP contribution in [0.1, 0.15) is 64.6 Å². The van der Waals surface area contributed by atoms with Crippen molar-refractivity contribution in [2.24, 2.45) is 5.92 Å². The third-order valence-electron chi connectivity index (χ3n) is 4.22. The maximum absolute atomic E-state index is 4.34. The molecule has 0 aliphatic heterocycles. The van der Waals surface area contributed by atoms with Crippen molar-refractivity contribution in [1.29, 1.82) is 0 Å². The highest BCUT2D eigenvalue weighted by molar-refractivity contribution is 5.01. The molecule has 102 valence electrons. The van der Waals surface area contributed by atoms with Crippen LogP contribution in [0, 0.1) is 5.92 Å². The highest BCUT2D eigenvalue weighted by atomic mass is 15.1. The Balaban J connectivity index is 1.95. The Morgan fingerprint density at radius 3 is 2.67 bits per heavy atom. The second-order valence-corrected chi connectivity index (χ2v) is 5.91. The first-order valence-electron chi connectivity index (χ1n) is 7.44. The van der Waals surface area contributed by atoms with Crippen LogP contribution in [0.15, 0.2) is 12.5 Å². The first kappa shape index (κ1) is 13.6. The van der Waals surface area contributed by atoms with E-state index in [4.69, 9.17) is 0 Å². The molecule has 1 aliphatic carbocycles. The Hall–Kier alpha value is -0.830. The van der Waals surface area contributed by atoms with Crippen LogP contribution in [0.25, 0.3) is 0 Å². The summed E-state index contributed by atoms with van der Waals surface area (Å²) in [5.41, 5.74) is 1.34. The molecule has 0 amide bonds. The summed E-state index contributed by atoms with van der Waals surface area (Å²) in [6, 6.07) is 1.21. The van der Waals surface area contributed by atoms with Crippen molar-refractivity contribution in [3.63, 3.8) is 0 Å². The van der Waals surface area contributed by atoms with Crippen molar-refractivity contribution in [2.75, 3.05) is 0 Å². The maximum atomic E-state index is 4.34. The quantitative estimate of drug-likeness (QED) is 0.865. The molecule has 3 heteroatoms. The second kappa shape index (κ2) is 6.37. The predicted molar refractivity (Wildman–Crippen MR) is 75.5 cm³/mol. The first-order valence-corrected chi connectivity index (χ1v) is 7.44. The van der Waals surface area contributed by atoms with Crippen molar-refractivity contribution in [1.82, 2.24) is 14.9 Å². The number of hydrogen-bond donors (Lipinski definition) is 1. The number of nitrogens with one attached hydrogen (secondary N) is 1. The average molecular weight is 249 g/mol. The molecule has 18 heavy (non-hydrogen) atoms. The zero-order chi connectivity index (χ0) is 13.0. The smallest absolute Gasteiger partial charge is 0.0951 e. The molecule has 0 spiro atoms. The molecular formula is C15H27N3. The third kappa shape index (κ3) is 3.35. The van der Waals surface area contributed by atoms with Gasteiger partial charge in [-0.05, 0) is 31.6 Å². The Morgan fingerprint density at radius 2 is 2.06 bits per heavy atom. The normalized spacial score (nSPS) is 24.7. The van der Waals surface area contributed by atoms with Gasteiger partial charge >= 0.3 is 0 Å². The summed E-state index contributed by atoms with van der Waals surface area (Å²) in [5.74, 6) is 0.960. The highest BCUT2D eigenvalue weighted by Gasteiger charge is 2.22. The maximum Gasteiger partial charge on any atom is 0.0951 e. The standard InChI is InChI=1S/C15H27N3/c1-4-13-5-7-14(8-6-13)18-11-16-9-15(18)10-17-12(2)3/h9,11-14,17H,4-8,10H2,1-3H3. The minimum atomic E-state index is 0.532. The average Bonchev–Trinajstić information content (AvgIpc) is 2.85. The topological polar surface area (TPSA) is 29.9 Å². The van der Waals surface area contributed by atoms with Gasteiger partial charge in [-0.3, -0.25) is 0 Å². The molecule has 1 aromatic rings. The Morgan fingerprint density at radius 1 is 1.33 bits per heavy atom. The van der Waals surface area contributed by atoms with Crippen molar-refractivity contribution in [3.05, 3.63) is 18.2 Å². The molecule has 1 saturated carbocycles. The summed E-state index contributed by atoms with van der Waals surface area (Å²) >= 11 is 0. The van der Waals surface area contributed by atoms with E-state index in [0.29, 0.717) is 12.1 Å². The molecule has 1 aliphatic rings. The fraction of sp³-hybridized carbons (Fsp3) is 0.800. The van der Waals surface area contributed by atoms with Crippen LogP contribution < -0.4 is 5.32 Å². The van der Waals surface area contributed by atoms with Crippen LogP contribution in [0.2, 0.25) is 0 Å². The molecule has 2 rings (SSSR count). The van der Waals surface area contributed by atoms with Crippen molar-refractivity contribution < 1.29 is 0 Å². The van der Waals surface area contributed by atoms with Gasteiger partial charge in [0.05, 0.1) is 12.0 Å². The molecule has 1 N–H and O–H groups in total. The Labute approximate surface area is 111 Å². The van der Waals surface area contributed by atoms with Gasteiger partial charge in [0.2, 0.25) is 0 Å². The molecule has 0 atom stereocenters. The lowest BCUT2D eigenvalue weighted by Gasteiger charge is -2.30. The van der Waals surface area contributed by atoms with Crippen LogP contribution in [-0.4, -0.2) is 15.6 Å². The summed E-state index contributed by atoms with van der Waals surface area (Å²) < 4.78 is 2.40. The van der Waals surface area contributed by atoms with E-state index in [0.717, 1.165) is 12.5 Å². The third-order valence-corrected chi connectivity index (χ3v) is 4.22. The fourth-order valence-electron chi connectivity index (χ4n) is 2.94. The van der Waals surface area contributed by atoms with Gasteiger partial charge in [0, 0.05) is 24.8 Å². The minimum absolute atomic E-state index is 0.532. The fourth-order valence-corrected chi connectivity index (χ4v) is 2.94. The van der Waals surface area contributed by atoms with Crippen LogP contribution in [0.5, 0.6) is 0 Å². The predicted octanol–water partition coefficient (Wildman–Crippen LogP) is 3.52. The van der Waals surface area contributed by atoms with E-state index in [-0.39, 0.29) is 0 Å². The summed E-state index contributed by atoms with van der Waals surface area (Å²) in [6.07, 6.45) is 10.8. The minimum Gasteiger partial charge on any atom is -0.330 e. The van der Waals surface area contributed by atoms with Gasteiger partial charge in [-0.15, -0.1) is 0 Å². The molecule has 1 aromatic heterocycles. The summed E-state index contributed by atoms with van der Waals surface area (Å²) in [6.45, 7) is 7.63. The van der Waals surface area contributed by atoms with E-state index in [1.165, 1.54) is 37.8 Å². The summed E-state index contributed by atoms with van der Waals surface area (Å²) in [4.78, 5) is 4.34. The zero-order valence-electron chi connectivity index (χ0n) is 12.0. The largest absolute Gasteiger partial charge is 0.330 e. The van der Waals surface area contributed by atoms with E-state index in [1.54, 1.807) is 0 Å². The van der Waals surface area contributed by atoms with E-state index in [1.807, 2.05) is 12.5 Å². The van der Waals surface area contributed by atoms with E-state index in [9.17, 15) is 0 Å². The molecular weight excluding hydrogens is 222 g/mol. The molecule has 1 heterocycles. The molecule has 1 fully saturated rings. The van der Waals surface area contributed by atoms with Gasteiger partial charge in [-0.1, -0.05) is 27.2 Å². The van der Waals surface area contributed by atoms with Gasteiger partial charge in [0.15, 0.2) is 0 Å². The first-order chi connectivity index (χ1) is 8.70. The van der Waals surface area contributed by atoms with Crippen LogP contribution >= 0.6 is 0 Å². The highest BCUT2D eigenvalue weighted by Crippen LogP contribution is 2.34. The number of nitrogens with zero attached hydrogens (tertiary/aromatic N) is 2. The van der Waals surface area contributed by atoms with Crippen LogP contribution in [0.3, 0.4) is 0 Å². The SMILES string of the molecule is CCC1CCC(n2cncc2CNC(C)C)CC1. The number of aromatic nitrogens is 2. The summed E-state index contributed by atoms with van der Waals surface area (Å²) in [5, 5.41) is 3.49. The van der Waals surface area contributed by atoms with Gasteiger partial charge in [-0.25, -0.2) is 4.98 Å². The van der Waals surface area contributed by atoms with E-state index >= 15 is 0 Å². The molecule has 0 aromatic carbocycles. The molecule has 0 bridgehead atoms. The molecule has 3 nitrogen and oxygen atoms in total. The van der Waals surface area contributed by atoms with Gasteiger partial charge < -0.3 is 9.88 Å². The lowest BCUT2D eigenvalue weighted by atomic mass is 9.84. The second-order valence-electron chi connectivity index (χ2n) is 5.91. The van der Waals surface area contributed by atoms with Crippen LogP contribution in [-0.2, 0) is 6.54 Å². The molecule has 0 radical (unpaired) electrons. The van der Waals surface area contributed by atoms with Gasteiger partial charge in [0.25, 0.3) is 0 Å². The Bertz CT molecular complexity index is 348. The number of imidazole rings is 1. The van der Waals surface area contributed by atoms with Crippen LogP contribution in [0.4, 0.5) is 0 Å². The number of rotatable bonds is 5. The van der Waals surface area contributed by atoms with Gasteiger partial charge in [0.1, 0.15) is 0 Å². The van der Waals surface area contributed by atoms with Crippen molar-refractivity contribution in [2.45, 2.75) is 71.5 Å². The van der Waals surface area contributed by atoms with Crippen molar-refractivity contribution in [3.8, 4) is 0 Å². The number of hydrogen-bond acceptors (Lipinski definition) is 2. The lowest BCUT2D eigenvalue weighted by molar-refractivity contribution is 0.265.